The minimum Gasteiger partial charge on any atom is -0.398 e. The molecule has 2 aromatic carbocycles. The van der Waals surface area contributed by atoms with Crippen molar-refractivity contribution >= 4 is 34.6 Å². The number of benzene rings is 2. The topological polar surface area (TPSA) is 98.3 Å². The molecule has 0 radical (unpaired) electrons. The van der Waals surface area contributed by atoms with Crippen molar-refractivity contribution in [3.05, 3.63) is 62.7 Å². The molecule has 0 saturated heterocycles. The Bertz CT molecular complexity index is 731. The fourth-order valence-electron chi connectivity index (χ4n) is 1.70. The molecule has 0 aromatic heterocycles. The van der Waals surface area contributed by atoms with Gasteiger partial charge in [-0.05, 0) is 30.7 Å². The zero-order chi connectivity index (χ0) is 15.6. The van der Waals surface area contributed by atoms with E-state index in [1.807, 2.05) is 6.92 Å². The van der Waals surface area contributed by atoms with Crippen LogP contribution in [0.25, 0.3) is 0 Å². The number of nitro groups is 1. The molecule has 0 spiro atoms. The Hall–Kier alpha value is -2.60. The fraction of sp³-hybridized carbons (Fsp3) is 0.0714. The van der Waals surface area contributed by atoms with Crippen LogP contribution in [-0.4, -0.2) is 10.8 Å². The Kier molecular flexibility index (Phi) is 4.09. The van der Waals surface area contributed by atoms with Crippen LogP contribution >= 0.6 is 11.6 Å². The van der Waals surface area contributed by atoms with Crippen molar-refractivity contribution in [1.82, 2.24) is 0 Å². The number of halogens is 1. The second-order valence-corrected chi connectivity index (χ2v) is 4.85. The Labute approximate surface area is 125 Å². The van der Waals surface area contributed by atoms with Crippen LogP contribution in [0.5, 0.6) is 0 Å². The van der Waals surface area contributed by atoms with Crippen molar-refractivity contribution in [2.45, 2.75) is 6.92 Å². The van der Waals surface area contributed by atoms with Gasteiger partial charge in [0.05, 0.1) is 15.6 Å². The maximum atomic E-state index is 12.1. The van der Waals surface area contributed by atoms with Gasteiger partial charge in [-0.15, -0.1) is 0 Å². The first-order valence-electron chi connectivity index (χ1n) is 6.00. The van der Waals surface area contributed by atoms with Crippen molar-refractivity contribution in [3.63, 3.8) is 0 Å². The number of anilines is 2. The summed E-state index contributed by atoms with van der Waals surface area (Å²) in [5.74, 6) is -0.441. The molecule has 0 bridgehead atoms. The molecule has 108 valence electrons. The monoisotopic (exact) mass is 305 g/mol. The summed E-state index contributed by atoms with van der Waals surface area (Å²) in [5.41, 5.74) is 7.47. The highest BCUT2D eigenvalue weighted by atomic mass is 35.5. The number of non-ortho nitro benzene ring substituents is 1. The number of carbonyl (C=O) groups excluding carboxylic acids is 1. The number of aryl methyl sites for hydroxylation is 1. The number of nitrogens with one attached hydrogen (secondary N) is 1. The number of nitrogen functional groups attached to an aromatic ring is 1. The first kappa shape index (κ1) is 14.8. The number of carbonyl (C=O) groups is 1. The Balaban J connectivity index is 2.28. The molecule has 2 aromatic rings. The lowest BCUT2D eigenvalue weighted by Gasteiger charge is -2.08. The number of hydrogen-bond donors (Lipinski definition) is 2. The van der Waals surface area contributed by atoms with Crippen LogP contribution in [0, 0.1) is 17.0 Å². The zero-order valence-corrected chi connectivity index (χ0v) is 11.8. The lowest BCUT2D eigenvalue weighted by Crippen LogP contribution is -2.13. The minimum absolute atomic E-state index is 0.155. The molecule has 0 saturated carbocycles. The van der Waals surface area contributed by atoms with E-state index in [0.717, 1.165) is 5.56 Å². The van der Waals surface area contributed by atoms with Crippen LogP contribution in [0.4, 0.5) is 17.1 Å². The number of nitrogens with two attached hydrogens (primary N) is 1. The summed E-state index contributed by atoms with van der Waals surface area (Å²) in [6.07, 6.45) is 0. The van der Waals surface area contributed by atoms with E-state index < -0.39 is 10.8 Å². The lowest BCUT2D eigenvalue weighted by molar-refractivity contribution is -0.384. The highest BCUT2D eigenvalue weighted by molar-refractivity contribution is 6.34. The summed E-state index contributed by atoms with van der Waals surface area (Å²) >= 11 is 5.93. The van der Waals surface area contributed by atoms with Gasteiger partial charge < -0.3 is 11.1 Å². The van der Waals surface area contributed by atoms with Crippen molar-refractivity contribution in [2.24, 2.45) is 0 Å². The molecule has 21 heavy (non-hydrogen) atoms. The number of nitro benzene ring substituents is 1. The molecular weight excluding hydrogens is 294 g/mol. The van der Waals surface area contributed by atoms with Gasteiger partial charge in [-0.3, -0.25) is 14.9 Å². The lowest BCUT2D eigenvalue weighted by atomic mass is 10.1. The van der Waals surface area contributed by atoms with Gasteiger partial charge >= 0.3 is 0 Å². The molecule has 1 amide bonds. The number of hydrogen-bond acceptors (Lipinski definition) is 4. The Morgan fingerprint density at radius 3 is 2.62 bits per heavy atom. The van der Waals surface area contributed by atoms with E-state index in [9.17, 15) is 14.9 Å². The van der Waals surface area contributed by atoms with Crippen molar-refractivity contribution in [1.29, 1.82) is 0 Å². The van der Waals surface area contributed by atoms with Crippen LogP contribution in [0.1, 0.15) is 15.9 Å². The quantitative estimate of drug-likeness (QED) is 0.516. The average molecular weight is 306 g/mol. The molecule has 0 atom stereocenters. The third kappa shape index (κ3) is 3.29. The molecule has 3 N–H and O–H groups in total. The maximum Gasteiger partial charge on any atom is 0.271 e. The summed E-state index contributed by atoms with van der Waals surface area (Å²) in [6.45, 7) is 1.83. The van der Waals surface area contributed by atoms with Gasteiger partial charge in [-0.1, -0.05) is 17.7 Å². The highest BCUT2D eigenvalue weighted by Crippen LogP contribution is 2.27. The Morgan fingerprint density at radius 2 is 2.00 bits per heavy atom. The fourth-order valence-corrected chi connectivity index (χ4v) is 1.86. The second-order valence-electron chi connectivity index (χ2n) is 4.45. The van der Waals surface area contributed by atoms with Crippen LogP contribution in [0.15, 0.2) is 36.4 Å². The molecule has 0 aliphatic carbocycles. The summed E-state index contributed by atoms with van der Waals surface area (Å²) in [6, 6.07) is 8.71. The minimum atomic E-state index is -0.560. The van der Waals surface area contributed by atoms with E-state index in [1.165, 1.54) is 24.3 Å². The van der Waals surface area contributed by atoms with Gasteiger partial charge in [0.2, 0.25) is 0 Å². The van der Waals surface area contributed by atoms with E-state index in [1.54, 1.807) is 12.1 Å². The van der Waals surface area contributed by atoms with Crippen LogP contribution < -0.4 is 11.1 Å². The zero-order valence-electron chi connectivity index (χ0n) is 11.1. The highest BCUT2D eigenvalue weighted by Gasteiger charge is 2.13. The Morgan fingerprint density at radius 1 is 1.29 bits per heavy atom. The molecule has 7 heteroatoms. The predicted molar refractivity (Wildman–Crippen MR) is 81.7 cm³/mol. The van der Waals surface area contributed by atoms with Crippen LogP contribution in [-0.2, 0) is 0 Å². The van der Waals surface area contributed by atoms with E-state index in [0.29, 0.717) is 11.3 Å². The van der Waals surface area contributed by atoms with Gasteiger partial charge in [-0.2, -0.15) is 0 Å². The van der Waals surface area contributed by atoms with Crippen molar-refractivity contribution in [2.75, 3.05) is 11.1 Å². The summed E-state index contributed by atoms with van der Waals surface area (Å²) < 4.78 is 0. The van der Waals surface area contributed by atoms with E-state index in [2.05, 4.69) is 5.32 Å². The normalized spacial score (nSPS) is 10.2. The molecule has 2 rings (SSSR count). The van der Waals surface area contributed by atoms with Crippen molar-refractivity contribution < 1.29 is 9.72 Å². The van der Waals surface area contributed by atoms with Gasteiger partial charge in [-0.25, -0.2) is 0 Å². The van der Waals surface area contributed by atoms with Gasteiger partial charge in [0.25, 0.3) is 11.6 Å². The standard InChI is InChI=1S/C14H12ClN3O3/c1-8-2-3-9(6-12(8)16)14(19)17-13-7-10(18(20)21)4-5-11(13)15/h2-7H,16H2,1H3,(H,17,19). The number of rotatable bonds is 3. The van der Waals surface area contributed by atoms with Crippen LogP contribution in [0.3, 0.4) is 0 Å². The third-order valence-corrected chi connectivity index (χ3v) is 3.28. The second kappa shape index (κ2) is 5.80. The maximum absolute atomic E-state index is 12.1. The van der Waals surface area contributed by atoms with Gasteiger partial charge in [0.1, 0.15) is 0 Å². The summed E-state index contributed by atoms with van der Waals surface area (Å²) in [4.78, 5) is 22.3. The van der Waals surface area contributed by atoms with Gasteiger partial charge in [0.15, 0.2) is 0 Å². The van der Waals surface area contributed by atoms with Crippen LogP contribution in [0.2, 0.25) is 5.02 Å². The SMILES string of the molecule is Cc1ccc(C(=O)Nc2cc([N+](=O)[O-])ccc2Cl)cc1N. The molecule has 6 nitrogen and oxygen atoms in total. The summed E-state index contributed by atoms with van der Waals surface area (Å²) in [5, 5.41) is 13.5. The van der Waals surface area contributed by atoms with E-state index in [4.69, 9.17) is 17.3 Å². The molecule has 0 unspecified atom stereocenters. The van der Waals surface area contributed by atoms with Gasteiger partial charge in [0, 0.05) is 23.4 Å². The third-order valence-electron chi connectivity index (χ3n) is 2.95. The molecule has 0 fully saturated rings. The van der Waals surface area contributed by atoms with E-state index >= 15 is 0 Å². The van der Waals surface area contributed by atoms with E-state index in [-0.39, 0.29) is 16.4 Å². The first-order chi connectivity index (χ1) is 9.88. The molecule has 0 aliphatic heterocycles. The average Bonchev–Trinajstić information content (AvgIpc) is 2.43. The van der Waals surface area contributed by atoms with Crippen molar-refractivity contribution in [3.8, 4) is 0 Å². The molecular formula is C14H12ClN3O3. The molecule has 0 aliphatic rings. The molecule has 0 heterocycles. The first-order valence-corrected chi connectivity index (χ1v) is 6.37. The smallest absolute Gasteiger partial charge is 0.271 e. The summed E-state index contributed by atoms with van der Waals surface area (Å²) in [7, 11) is 0. The number of nitrogens with zero attached hydrogens (tertiary/aromatic N) is 1. The largest absolute Gasteiger partial charge is 0.398 e. The number of amides is 1. The predicted octanol–water partition coefficient (Wildman–Crippen LogP) is 3.39.